The number of amides is 1. The van der Waals surface area contributed by atoms with Crippen LogP contribution in [-0.2, 0) is 4.79 Å². The number of nitrogens with one attached hydrogen (secondary N) is 2. The molecule has 0 saturated heterocycles. The van der Waals surface area contributed by atoms with Gasteiger partial charge < -0.3 is 5.32 Å². The van der Waals surface area contributed by atoms with Crippen LogP contribution in [0.15, 0.2) is 24.3 Å². The minimum Gasteiger partial charge on any atom is -0.324 e. The zero-order valence-corrected chi connectivity index (χ0v) is 10.7. The van der Waals surface area contributed by atoms with Gasteiger partial charge in [-0.1, -0.05) is 38.5 Å². The fourth-order valence-electron chi connectivity index (χ4n) is 2.29. The van der Waals surface area contributed by atoms with Gasteiger partial charge in [-0.15, -0.1) is 0 Å². The summed E-state index contributed by atoms with van der Waals surface area (Å²) in [6.07, 6.45) is 0.994. The zero-order chi connectivity index (χ0) is 12.4. The maximum atomic E-state index is 12.1. The van der Waals surface area contributed by atoms with Crippen LogP contribution in [0.25, 0.3) is 0 Å². The van der Waals surface area contributed by atoms with E-state index in [2.05, 4.69) is 37.5 Å². The molecular weight excluding hydrogens is 212 g/mol. The molecule has 0 saturated carbocycles. The van der Waals surface area contributed by atoms with Crippen molar-refractivity contribution in [2.24, 2.45) is 5.92 Å². The van der Waals surface area contributed by atoms with E-state index < -0.39 is 0 Å². The van der Waals surface area contributed by atoms with Gasteiger partial charge in [-0.25, -0.2) is 0 Å². The molecule has 0 spiro atoms. The van der Waals surface area contributed by atoms with E-state index in [0.29, 0.717) is 5.92 Å². The predicted octanol–water partition coefficient (Wildman–Crippen LogP) is 2.70. The van der Waals surface area contributed by atoms with Gasteiger partial charge in [-0.3, -0.25) is 10.1 Å². The summed E-state index contributed by atoms with van der Waals surface area (Å²) < 4.78 is 0. The molecule has 1 aliphatic heterocycles. The molecule has 0 aromatic heterocycles. The number of carbonyl (C=O) groups is 1. The molecule has 3 heteroatoms. The van der Waals surface area contributed by atoms with Crippen LogP contribution in [-0.4, -0.2) is 11.9 Å². The van der Waals surface area contributed by atoms with Crippen LogP contribution >= 0.6 is 0 Å². The molecule has 92 valence electrons. The van der Waals surface area contributed by atoms with Crippen LogP contribution in [0, 0.1) is 5.92 Å². The minimum absolute atomic E-state index is 0.0798. The Morgan fingerprint density at radius 2 is 2.06 bits per heavy atom. The molecule has 0 aliphatic carbocycles. The minimum atomic E-state index is -0.109. The van der Waals surface area contributed by atoms with E-state index in [0.717, 1.165) is 17.7 Å². The normalized spacial score (nSPS) is 25.7. The summed E-state index contributed by atoms with van der Waals surface area (Å²) in [5, 5.41) is 6.44. The summed E-state index contributed by atoms with van der Waals surface area (Å²) in [5.74, 6) is 0.419. The van der Waals surface area contributed by atoms with Gasteiger partial charge in [0.05, 0.1) is 6.04 Å². The fraction of sp³-hybridized carbons (Fsp3) is 0.500. The third kappa shape index (κ3) is 2.34. The van der Waals surface area contributed by atoms with Crippen molar-refractivity contribution in [1.82, 2.24) is 5.32 Å². The van der Waals surface area contributed by atoms with Crippen molar-refractivity contribution in [3.05, 3.63) is 29.8 Å². The number of carbonyl (C=O) groups excluding carboxylic acids is 1. The van der Waals surface area contributed by atoms with Gasteiger partial charge in [0.2, 0.25) is 5.91 Å². The molecule has 1 aromatic carbocycles. The molecule has 17 heavy (non-hydrogen) atoms. The quantitative estimate of drug-likeness (QED) is 0.823. The number of rotatable bonds is 2. The third-order valence-electron chi connectivity index (χ3n) is 3.61. The molecule has 1 aromatic rings. The Morgan fingerprint density at radius 3 is 2.76 bits per heavy atom. The first kappa shape index (κ1) is 12.1. The van der Waals surface area contributed by atoms with Crippen molar-refractivity contribution in [2.45, 2.75) is 39.3 Å². The summed E-state index contributed by atoms with van der Waals surface area (Å²) in [4.78, 5) is 12.1. The molecule has 3 atom stereocenters. The van der Waals surface area contributed by atoms with Gasteiger partial charge in [0.15, 0.2) is 0 Å². The van der Waals surface area contributed by atoms with Crippen molar-refractivity contribution in [2.75, 3.05) is 5.32 Å². The topological polar surface area (TPSA) is 41.1 Å². The van der Waals surface area contributed by atoms with E-state index in [1.54, 1.807) is 0 Å². The monoisotopic (exact) mass is 232 g/mol. The lowest BCUT2D eigenvalue weighted by molar-refractivity contribution is -0.119. The smallest absolute Gasteiger partial charge is 0.241 e. The second-order valence-electron chi connectivity index (χ2n) is 4.83. The maximum absolute atomic E-state index is 12.1. The molecular formula is C14H20N2O. The Labute approximate surface area is 103 Å². The van der Waals surface area contributed by atoms with E-state index in [1.165, 1.54) is 0 Å². The fourth-order valence-corrected chi connectivity index (χ4v) is 2.29. The van der Waals surface area contributed by atoms with Crippen molar-refractivity contribution < 1.29 is 4.79 Å². The highest BCUT2D eigenvalue weighted by Crippen LogP contribution is 2.27. The molecule has 1 amide bonds. The van der Waals surface area contributed by atoms with Crippen molar-refractivity contribution in [3.8, 4) is 0 Å². The van der Waals surface area contributed by atoms with Gasteiger partial charge in [-0.2, -0.15) is 0 Å². The summed E-state index contributed by atoms with van der Waals surface area (Å²) in [5.41, 5.74) is 2.09. The Hall–Kier alpha value is -1.35. The van der Waals surface area contributed by atoms with Crippen LogP contribution in [0.3, 0.4) is 0 Å². The Balaban J connectivity index is 2.31. The predicted molar refractivity (Wildman–Crippen MR) is 69.9 cm³/mol. The van der Waals surface area contributed by atoms with E-state index in [1.807, 2.05) is 18.2 Å². The summed E-state index contributed by atoms with van der Waals surface area (Å²) in [6.45, 7) is 6.33. The summed E-state index contributed by atoms with van der Waals surface area (Å²) in [6, 6.07) is 8.07. The Bertz CT molecular complexity index is 416. The molecule has 2 N–H and O–H groups in total. The number of para-hydroxylation sites is 1. The Morgan fingerprint density at radius 1 is 1.35 bits per heavy atom. The molecule has 1 aliphatic rings. The molecule has 1 unspecified atom stereocenters. The van der Waals surface area contributed by atoms with Gasteiger partial charge in [0.1, 0.15) is 0 Å². The highest BCUT2D eigenvalue weighted by Gasteiger charge is 2.29. The van der Waals surface area contributed by atoms with Crippen molar-refractivity contribution >= 4 is 11.6 Å². The van der Waals surface area contributed by atoms with Crippen LogP contribution in [0.1, 0.15) is 38.8 Å². The van der Waals surface area contributed by atoms with E-state index in [-0.39, 0.29) is 18.0 Å². The van der Waals surface area contributed by atoms with E-state index in [9.17, 15) is 4.79 Å². The average molecular weight is 232 g/mol. The highest BCUT2D eigenvalue weighted by molar-refractivity contribution is 5.96. The van der Waals surface area contributed by atoms with Crippen molar-refractivity contribution in [1.29, 1.82) is 0 Å². The van der Waals surface area contributed by atoms with Crippen LogP contribution in [0.2, 0.25) is 0 Å². The maximum Gasteiger partial charge on any atom is 0.241 e. The standard InChI is InChI=1S/C14H20N2O/c1-4-9(2)13-14(17)16-12-8-6-5-7-11(12)10(3)15-13/h5-10,13,15H,4H2,1-3H3,(H,16,17)/t9-,10?,13-/m0/s1. The molecule has 2 rings (SSSR count). The lowest BCUT2D eigenvalue weighted by Crippen LogP contribution is -2.43. The summed E-state index contributed by atoms with van der Waals surface area (Å²) >= 11 is 0. The van der Waals surface area contributed by atoms with Gasteiger partial charge >= 0.3 is 0 Å². The molecule has 0 radical (unpaired) electrons. The lowest BCUT2D eigenvalue weighted by Gasteiger charge is -2.23. The van der Waals surface area contributed by atoms with Gasteiger partial charge in [0, 0.05) is 11.7 Å². The second kappa shape index (κ2) is 4.88. The van der Waals surface area contributed by atoms with E-state index >= 15 is 0 Å². The SMILES string of the molecule is CC[C@H](C)[C@@H]1NC(C)c2ccccc2NC1=O. The number of hydrogen-bond donors (Lipinski definition) is 2. The summed E-state index contributed by atoms with van der Waals surface area (Å²) in [7, 11) is 0. The third-order valence-corrected chi connectivity index (χ3v) is 3.61. The van der Waals surface area contributed by atoms with Gasteiger partial charge in [0.25, 0.3) is 0 Å². The molecule has 3 nitrogen and oxygen atoms in total. The first-order valence-electron chi connectivity index (χ1n) is 6.29. The number of hydrogen-bond acceptors (Lipinski definition) is 2. The van der Waals surface area contributed by atoms with E-state index in [4.69, 9.17) is 0 Å². The lowest BCUT2D eigenvalue weighted by atomic mass is 9.97. The van der Waals surface area contributed by atoms with Crippen molar-refractivity contribution in [3.63, 3.8) is 0 Å². The number of benzene rings is 1. The Kier molecular flexibility index (Phi) is 3.48. The average Bonchev–Trinajstić information content (AvgIpc) is 2.46. The van der Waals surface area contributed by atoms with Crippen LogP contribution < -0.4 is 10.6 Å². The first-order chi connectivity index (χ1) is 8.13. The highest BCUT2D eigenvalue weighted by atomic mass is 16.2. The first-order valence-corrected chi connectivity index (χ1v) is 6.29. The largest absolute Gasteiger partial charge is 0.324 e. The number of anilines is 1. The molecule has 1 heterocycles. The second-order valence-corrected chi connectivity index (χ2v) is 4.83. The molecule has 0 fully saturated rings. The van der Waals surface area contributed by atoms with Crippen LogP contribution in [0.5, 0.6) is 0 Å². The van der Waals surface area contributed by atoms with Crippen LogP contribution in [0.4, 0.5) is 5.69 Å². The zero-order valence-electron chi connectivity index (χ0n) is 10.7. The molecule has 0 bridgehead atoms. The van der Waals surface area contributed by atoms with Gasteiger partial charge in [-0.05, 0) is 24.5 Å². The number of fused-ring (bicyclic) bond motifs is 1.